The lowest BCUT2D eigenvalue weighted by Gasteiger charge is -1.98. The standard InChI is InChI=1S/C13H12O3/c14-7-6-9-8-12(13(15)16)11-5-3-1-2-4-10(9)11/h1-5,8,14H,6-7H2,(H,15,16). The number of fused-ring (bicyclic) bond motifs is 1. The van der Waals surface area contributed by atoms with E-state index < -0.39 is 5.97 Å². The van der Waals surface area contributed by atoms with Crippen LogP contribution in [0.25, 0.3) is 11.1 Å². The molecule has 2 rings (SSSR count). The van der Waals surface area contributed by atoms with E-state index in [-0.39, 0.29) is 6.61 Å². The summed E-state index contributed by atoms with van der Waals surface area (Å²) >= 11 is 0. The number of carboxylic acids is 1. The van der Waals surface area contributed by atoms with E-state index in [0.29, 0.717) is 12.0 Å². The molecule has 0 bridgehead atoms. The van der Waals surface area contributed by atoms with Crippen LogP contribution in [0.15, 0.2) is 36.4 Å². The topological polar surface area (TPSA) is 57.5 Å². The number of aromatic carboxylic acids is 1. The lowest BCUT2D eigenvalue weighted by atomic mass is 10.1. The first-order chi connectivity index (χ1) is 7.74. The average Bonchev–Trinajstić information content (AvgIpc) is 2.46. The zero-order chi connectivity index (χ0) is 11.5. The number of carboxylic acid groups (broad SMARTS) is 1. The second-order valence-electron chi connectivity index (χ2n) is 3.60. The first kappa shape index (κ1) is 10.6. The minimum Gasteiger partial charge on any atom is -0.478 e. The van der Waals surface area contributed by atoms with Gasteiger partial charge >= 0.3 is 5.97 Å². The Morgan fingerprint density at radius 3 is 2.44 bits per heavy atom. The summed E-state index contributed by atoms with van der Waals surface area (Å²) in [5, 5.41) is 18.0. The number of hydrogen-bond donors (Lipinski definition) is 2. The van der Waals surface area contributed by atoms with Crippen LogP contribution >= 0.6 is 0 Å². The van der Waals surface area contributed by atoms with Crippen LogP contribution in [0.2, 0.25) is 0 Å². The third-order valence-electron chi connectivity index (χ3n) is 2.60. The Labute approximate surface area is 93.3 Å². The molecular weight excluding hydrogens is 204 g/mol. The summed E-state index contributed by atoms with van der Waals surface area (Å²) in [5.74, 6) is -0.930. The van der Waals surface area contributed by atoms with Crippen LogP contribution < -0.4 is 0 Å². The molecule has 3 nitrogen and oxygen atoms in total. The van der Waals surface area contributed by atoms with Gasteiger partial charge in [-0.15, -0.1) is 0 Å². The Morgan fingerprint density at radius 1 is 1.12 bits per heavy atom. The first-order valence-corrected chi connectivity index (χ1v) is 5.09. The number of carbonyl (C=O) groups is 1. The second-order valence-corrected chi connectivity index (χ2v) is 3.60. The van der Waals surface area contributed by atoms with Gasteiger partial charge in [-0.25, -0.2) is 4.79 Å². The summed E-state index contributed by atoms with van der Waals surface area (Å²) in [6, 6.07) is 10.9. The van der Waals surface area contributed by atoms with Gasteiger partial charge in [-0.05, 0) is 29.2 Å². The van der Waals surface area contributed by atoms with Crippen molar-refractivity contribution in [2.45, 2.75) is 6.42 Å². The van der Waals surface area contributed by atoms with Crippen molar-refractivity contribution >= 4 is 5.97 Å². The van der Waals surface area contributed by atoms with E-state index in [1.165, 1.54) is 0 Å². The Hall–Kier alpha value is -1.87. The molecule has 16 heavy (non-hydrogen) atoms. The van der Waals surface area contributed by atoms with Gasteiger partial charge in [-0.3, -0.25) is 0 Å². The number of aliphatic hydroxyl groups excluding tert-OH is 1. The predicted octanol–water partition coefficient (Wildman–Crippen LogP) is 2.02. The lowest BCUT2D eigenvalue weighted by molar-refractivity contribution is 0.0698. The van der Waals surface area contributed by atoms with Gasteiger partial charge in [-0.1, -0.05) is 30.3 Å². The summed E-state index contributed by atoms with van der Waals surface area (Å²) in [6.45, 7) is 0.0246. The Kier molecular flexibility index (Phi) is 2.88. The fraction of sp³-hybridized carbons (Fsp3) is 0.154. The quantitative estimate of drug-likeness (QED) is 0.825. The van der Waals surface area contributed by atoms with E-state index in [4.69, 9.17) is 10.2 Å². The zero-order valence-corrected chi connectivity index (χ0v) is 8.68. The van der Waals surface area contributed by atoms with Gasteiger partial charge in [0.1, 0.15) is 0 Å². The fourth-order valence-electron chi connectivity index (χ4n) is 1.90. The van der Waals surface area contributed by atoms with E-state index in [0.717, 1.165) is 16.7 Å². The SMILES string of the molecule is O=C(O)c1cc(CCO)c2cccccc1-2. The van der Waals surface area contributed by atoms with E-state index in [9.17, 15) is 4.79 Å². The smallest absolute Gasteiger partial charge is 0.336 e. The van der Waals surface area contributed by atoms with Gasteiger partial charge in [0.15, 0.2) is 0 Å². The molecule has 2 aliphatic carbocycles. The van der Waals surface area contributed by atoms with Crippen molar-refractivity contribution in [2.24, 2.45) is 0 Å². The van der Waals surface area contributed by atoms with Crippen LogP contribution in [0.5, 0.6) is 0 Å². The van der Waals surface area contributed by atoms with E-state index in [1.807, 2.05) is 24.3 Å². The zero-order valence-electron chi connectivity index (χ0n) is 8.68. The monoisotopic (exact) mass is 216 g/mol. The largest absolute Gasteiger partial charge is 0.478 e. The van der Waals surface area contributed by atoms with Gasteiger partial charge in [0.05, 0.1) is 5.56 Å². The molecule has 2 N–H and O–H groups in total. The minimum absolute atomic E-state index is 0.0246. The van der Waals surface area contributed by atoms with Crippen molar-refractivity contribution in [2.75, 3.05) is 6.61 Å². The average molecular weight is 216 g/mol. The highest BCUT2D eigenvalue weighted by molar-refractivity contribution is 5.98. The molecule has 0 heterocycles. The molecule has 0 saturated heterocycles. The third kappa shape index (κ3) is 1.77. The number of aliphatic hydroxyl groups is 1. The Balaban J connectivity index is 2.64. The van der Waals surface area contributed by atoms with Crippen LogP contribution in [0, 0.1) is 0 Å². The van der Waals surface area contributed by atoms with Crippen LogP contribution in [0.1, 0.15) is 15.9 Å². The molecule has 3 heteroatoms. The third-order valence-corrected chi connectivity index (χ3v) is 2.60. The van der Waals surface area contributed by atoms with Crippen LogP contribution in [0.3, 0.4) is 0 Å². The molecule has 0 fully saturated rings. The molecule has 0 amide bonds. The van der Waals surface area contributed by atoms with Crippen molar-refractivity contribution in [1.82, 2.24) is 0 Å². The maximum atomic E-state index is 11.1. The summed E-state index contributed by atoms with van der Waals surface area (Å²) in [6.07, 6.45) is 0.480. The molecule has 0 unspecified atom stereocenters. The molecule has 0 saturated carbocycles. The summed E-state index contributed by atoms with van der Waals surface area (Å²) in [7, 11) is 0. The summed E-state index contributed by atoms with van der Waals surface area (Å²) in [5.41, 5.74) is 2.80. The van der Waals surface area contributed by atoms with E-state index in [1.54, 1.807) is 12.1 Å². The summed E-state index contributed by atoms with van der Waals surface area (Å²) < 4.78 is 0. The van der Waals surface area contributed by atoms with Crippen LogP contribution in [-0.2, 0) is 6.42 Å². The predicted molar refractivity (Wildman–Crippen MR) is 60.8 cm³/mol. The normalized spacial score (nSPS) is 10.6. The minimum atomic E-state index is -0.930. The highest BCUT2D eigenvalue weighted by atomic mass is 16.4. The van der Waals surface area contributed by atoms with Crippen molar-refractivity contribution in [3.8, 4) is 11.1 Å². The van der Waals surface area contributed by atoms with Gasteiger partial charge in [0.25, 0.3) is 0 Å². The molecule has 82 valence electrons. The maximum Gasteiger partial charge on any atom is 0.336 e. The highest BCUT2D eigenvalue weighted by Gasteiger charge is 2.18. The van der Waals surface area contributed by atoms with Crippen LogP contribution in [0.4, 0.5) is 0 Å². The van der Waals surface area contributed by atoms with E-state index >= 15 is 0 Å². The molecule has 0 atom stereocenters. The van der Waals surface area contributed by atoms with Gasteiger partial charge in [0.2, 0.25) is 0 Å². The fourth-order valence-corrected chi connectivity index (χ4v) is 1.90. The molecule has 0 radical (unpaired) electrons. The van der Waals surface area contributed by atoms with Crippen molar-refractivity contribution in [1.29, 1.82) is 0 Å². The van der Waals surface area contributed by atoms with Gasteiger partial charge in [0, 0.05) is 6.61 Å². The van der Waals surface area contributed by atoms with Crippen molar-refractivity contribution in [3.63, 3.8) is 0 Å². The molecule has 2 aliphatic rings. The second kappa shape index (κ2) is 4.33. The van der Waals surface area contributed by atoms with Gasteiger partial charge < -0.3 is 10.2 Å². The molecule has 0 aromatic carbocycles. The molecule has 0 aliphatic heterocycles. The Bertz CT molecular complexity index is 491. The Morgan fingerprint density at radius 2 is 1.81 bits per heavy atom. The lowest BCUT2D eigenvalue weighted by Crippen LogP contribution is -1.94. The molecule has 0 aromatic heterocycles. The molecular formula is C13H12O3. The van der Waals surface area contributed by atoms with Crippen molar-refractivity contribution in [3.05, 3.63) is 47.5 Å². The maximum absolute atomic E-state index is 11.1. The van der Waals surface area contributed by atoms with E-state index in [2.05, 4.69) is 0 Å². The molecule has 0 aromatic rings. The van der Waals surface area contributed by atoms with Gasteiger partial charge in [-0.2, -0.15) is 0 Å². The highest BCUT2D eigenvalue weighted by Crippen LogP contribution is 2.31. The number of rotatable bonds is 3. The number of hydrogen-bond acceptors (Lipinski definition) is 2. The van der Waals surface area contributed by atoms with Crippen LogP contribution in [-0.4, -0.2) is 22.8 Å². The first-order valence-electron chi connectivity index (χ1n) is 5.09. The van der Waals surface area contributed by atoms with Crippen molar-refractivity contribution < 1.29 is 15.0 Å². The summed E-state index contributed by atoms with van der Waals surface area (Å²) in [4.78, 5) is 11.1. The molecule has 0 spiro atoms.